The van der Waals surface area contributed by atoms with E-state index in [-0.39, 0.29) is 25.3 Å². The first kappa shape index (κ1) is 31.8. The molecular weight excluding hydrogens is 556 g/mol. The third kappa shape index (κ3) is 6.89. The second-order valence-corrected chi connectivity index (χ2v) is 13.7. The quantitative estimate of drug-likeness (QED) is 0.419. The van der Waals surface area contributed by atoms with E-state index in [1.807, 2.05) is 38.1 Å². The summed E-state index contributed by atoms with van der Waals surface area (Å²) in [5, 5.41) is 19.4. The van der Waals surface area contributed by atoms with Crippen molar-refractivity contribution >= 4 is 16.3 Å². The molecule has 1 saturated heterocycles. The highest BCUT2D eigenvalue weighted by Gasteiger charge is 2.48. The molecule has 0 aromatic heterocycles. The summed E-state index contributed by atoms with van der Waals surface area (Å²) in [5.41, 5.74) is 3.68. The molecule has 228 valence electrons. The van der Waals surface area contributed by atoms with E-state index in [2.05, 4.69) is 12.1 Å². The largest absolute Gasteiger partial charge is 0.497 e. The Kier molecular flexibility index (Phi) is 10.1. The molecule has 1 saturated carbocycles. The van der Waals surface area contributed by atoms with Gasteiger partial charge >= 0.3 is 6.09 Å². The summed E-state index contributed by atoms with van der Waals surface area (Å²) in [6.07, 6.45) is 2.78. The summed E-state index contributed by atoms with van der Waals surface area (Å²) < 4.78 is 41.5. The zero-order valence-corrected chi connectivity index (χ0v) is 25.9. The minimum absolute atomic E-state index is 0.0339. The molecule has 0 radical (unpaired) electrons. The normalized spacial score (nSPS) is 24.6. The summed E-state index contributed by atoms with van der Waals surface area (Å²) in [4.78, 5) is 13.7. The third-order valence-electron chi connectivity index (χ3n) is 8.72. The van der Waals surface area contributed by atoms with E-state index in [9.17, 15) is 23.6 Å². The Morgan fingerprint density at radius 1 is 1.12 bits per heavy atom. The molecule has 1 aliphatic heterocycles. The number of nitrogens with zero attached hydrogens (tertiary/aromatic N) is 4. The molecule has 4 rings (SSSR count). The third-order valence-corrected chi connectivity index (χ3v) is 10.6. The Balaban J connectivity index is 1.50. The van der Waals surface area contributed by atoms with Crippen LogP contribution in [0.25, 0.3) is 0 Å². The van der Waals surface area contributed by atoms with Crippen LogP contribution in [-0.4, -0.2) is 85.2 Å². The lowest BCUT2D eigenvalue weighted by Crippen LogP contribution is -2.53. The number of carbonyl (C=O) groups is 1. The number of benzene rings is 2. The maximum Gasteiger partial charge on any atom is 0.407 e. The number of hydrogen-bond donors (Lipinski definition) is 1. The van der Waals surface area contributed by atoms with E-state index in [0.717, 1.165) is 36.8 Å². The van der Waals surface area contributed by atoms with Crippen LogP contribution in [0.2, 0.25) is 0 Å². The van der Waals surface area contributed by atoms with Crippen LogP contribution in [0.4, 0.5) is 4.79 Å². The van der Waals surface area contributed by atoms with Crippen LogP contribution >= 0.6 is 0 Å². The molecule has 2 fully saturated rings. The number of likely N-dealkylation sites (tertiary alicyclic amines) is 1. The second-order valence-electron chi connectivity index (χ2n) is 11.6. The maximum atomic E-state index is 13.6. The molecule has 1 amide bonds. The second kappa shape index (κ2) is 13.4. The first-order valence-electron chi connectivity index (χ1n) is 14.4. The summed E-state index contributed by atoms with van der Waals surface area (Å²) in [6, 6.07) is 13.8. The number of hydrogen-bond acceptors (Lipinski definition) is 6. The highest BCUT2D eigenvalue weighted by atomic mass is 32.2. The zero-order valence-electron chi connectivity index (χ0n) is 25.1. The van der Waals surface area contributed by atoms with Gasteiger partial charge in [-0.25, -0.2) is 4.79 Å². The van der Waals surface area contributed by atoms with Crippen molar-refractivity contribution in [2.24, 2.45) is 0 Å². The van der Waals surface area contributed by atoms with E-state index < -0.39 is 28.4 Å². The number of amides is 1. The van der Waals surface area contributed by atoms with Crippen LogP contribution in [0.5, 0.6) is 5.75 Å². The fourth-order valence-electron chi connectivity index (χ4n) is 6.32. The Labute approximate surface area is 249 Å². The fourth-order valence-corrected chi connectivity index (χ4v) is 7.62. The van der Waals surface area contributed by atoms with Gasteiger partial charge in [-0.3, -0.25) is 4.90 Å². The monoisotopic (exact) mass is 598 g/mol. The summed E-state index contributed by atoms with van der Waals surface area (Å²) in [5.74, 6) is 1.05. The van der Waals surface area contributed by atoms with Gasteiger partial charge in [-0.05, 0) is 86.8 Å². The van der Waals surface area contributed by atoms with Crippen molar-refractivity contribution in [2.75, 3.05) is 27.8 Å². The van der Waals surface area contributed by atoms with E-state index in [1.54, 1.807) is 19.2 Å². The molecule has 0 spiro atoms. The van der Waals surface area contributed by atoms with Crippen molar-refractivity contribution in [3.63, 3.8) is 0 Å². The standard InChI is InChI=1S/C31H42N4O6S/c1-21-16-25(8-9-26(21)18-32)24-10-14-28(15-11-24)41-20-30-29(17-22(2)35(30)31(36)37)34(42(38,39)33(3)4)19-23-6-12-27(40-5)13-7-23/h6-9,12-13,16,22,24,28-30H,10-11,14-15,17,19-20H2,1-5H3,(H,36,37)/t22-,24?,28?,29+,30+/m1/s1. The lowest BCUT2D eigenvalue weighted by Gasteiger charge is -2.36. The predicted molar refractivity (Wildman–Crippen MR) is 160 cm³/mol. The van der Waals surface area contributed by atoms with Gasteiger partial charge in [0.15, 0.2) is 0 Å². The molecule has 1 aliphatic carbocycles. The van der Waals surface area contributed by atoms with Crippen LogP contribution in [0.15, 0.2) is 42.5 Å². The molecule has 42 heavy (non-hydrogen) atoms. The van der Waals surface area contributed by atoms with Gasteiger partial charge in [-0.15, -0.1) is 0 Å². The summed E-state index contributed by atoms with van der Waals surface area (Å²) in [6.45, 7) is 3.99. The number of rotatable bonds is 10. The van der Waals surface area contributed by atoms with Gasteiger partial charge in [0.1, 0.15) is 5.75 Å². The number of nitriles is 1. The van der Waals surface area contributed by atoms with Crippen LogP contribution in [-0.2, 0) is 21.5 Å². The van der Waals surface area contributed by atoms with Crippen LogP contribution in [0, 0.1) is 18.3 Å². The van der Waals surface area contributed by atoms with E-state index >= 15 is 0 Å². The van der Waals surface area contributed by atoms with Gasteiger partial charge in [0.05, 0.1) is 43.5 Å². The molecule has 0 bridgehead atoms. The minimum atomic E-state index is -3.89. The van der Waals surface area contributed by atoms with Crippen molar-refractivity contribution in [3.8, 4) is 11.8 Å². The van der Waals surface area contributed by atoms with Crippen molar-refractivity contribution in [2.45, 2.75) is 82.6 Å². The first-order chi connectivity index (χ1) is 20.0. The summed E-state index contributed by atoms with van der Waals surface area (Å²) >= 11 is 0. The molecule has 0 unspecified atom stereocenters. The van der Waals surface area contributed by atoms with E-state index in [1.165, 1.54) is 33.2 Å². The number of aryl methyl sites for hydroxylation is 1. The molecule has 10 nitrogen and oxygen atoms in total. The Morgan fingerprint density at radius 2 is 1.79 bits per heavy atom. The SMILES string of the molecule is COc1ccc(CN([C@H]2C[C@@H](C)N(C(=O)O)[C@H]2COC2CCC(c3ccc(C#N)c(C)c3)CC2)S(=O)(=O)N(C)C)cc1. The highest BCUT2D eigenvalue weighted by molar-refractivity contribution is 7.86. The smallest absolute Gasteiger partial charge is 0.407 e. The average molecular weight is 599 g/mol. The van der Waals surface area contributed by atoms with Crippen molar-refractivity contribution in [1.29, 1.82) is 5.26 Å². The predicted octanol–water partition coefficient (Wildman–Crippen LogP) is 4.74. The van der Waals surface area contributed by atoms with Gasteiger partial charge in [0, 0.05) is 26.7 Å². The van der Waals surface area contributed by atoms with E-state index in [4.69, 9.17) is 9.47 Å². The van der Waals surface area contributed by atoms with E-state index in [0.29, 0.717) is 23.7 Å². The van der Waals surface area contributed by atoms with Crippen molar-refractivity contribution in [3.05, 3.63) is 64.7 Å². The van der Waals surface area contributed by atoms with Crippen LogP contribution in [0.3, 0.4) is 0 Å². The van der Waals surface area contributed by atoms with Crippen LogP contribution in [0.1, 0.15) is 67.2 Å². The molecule has 2 aromatic carbocycles. The molecule has 1 heterocycles. The number of carboxylic acid groups (broad SMARTS) is 1. The van der Waals surface area contributed by atoms with Crippen molar-refractivity contribution in [1.82, 2.24) is 13.5 Å². The van der Waals surface area contributed by atoms with Gasteiger partial charge in [0.2, 0.25) is 0 Å². The zero-order chi connectivity index (χ0) is 30.6. The number of ether oxygens (including phenoxy) is 2. The first-order valence-corrected chi connectivity index (χ1v) is 15.8. The highest BCUT2D eigenvalue weighted by Crippen LogP contribution is 2.37. The molecule has 11 heteroatoms. The topological polar surface area (TPSA) is 123 Å². The maximum absolute atomic E-state index is 13.6. The number of methoxy groups -OCH3 is 1. The lowest BCUT2D eigenvalue weighted by molar-refractivity contribution is -0.0126. The average Bonchev–Trinajstić information content (AvgIpc) is 3.30. The molecule has 2 aromatic rings. The van der Waals surface area contributed by atoms with Gasteiger partial charge in [0.25, 0.3) is 10.2 Å². The summed E-state index contributed by atoms with van der Waals surface area (Å²) in [7, 11) is 0.660. The fraction of sp³-hybridized carbons (Fsp3) is 0.548. The van der Waals surface area contributed by atoms with Gasteiger partial charge in [-0.1, -0.05) is 24.3 Å². The Bertz CT molecular complexity index is 1380. The molecular formula is C31H42N4O6S. The lowest BCUT2D eigenvalue weighted by atomic mass is 9.82. The van der Waals surface area contributed by atoms with Gasteiger partial charge in [-0.2, -0.15) is 22.3 Å². The Hall–Kier alpha value is -3.17. The van der Waals surface area contributed by atoms with Crippen molar-refractivity contribution < 1.29 is 27.8 Å². The molecule has 1 N–H and O–H groups in total. The Morgan fingerprint density at radius 3 is 2.33 bits per heavy atom. The van der Waals surface area contributed by atoms with Crippen LogP contribution < -0.4 is 4.74 Å². The minimum Gasteiger partial charge on any atom is -0.497 e. The molecule has 3 atom stereocenters. The van der Waals surface area contributed by atoms with Gasteiger partial charge < -0.3 is 14.6 Å². The molecule has 2 aliphatic rings.